The first-order valence-electron chi connectivity index (χ1n) is 7.65. The van der Waals surface area contributed by atoms with Gasteiger partial charge < -0.3 is 0 Å². The van der Waals surface area contributed by atoms with E-state index in [1.165, 1.54) is 0 Å². The molecule has 0 bridgehead atoms. The lowest BCUT2D eigenvalue weighted by molar-refractivity contribution is -0.118. The van der Waals surface area contributed by atoms with Gasteiger partial charge in [-0.05, 0) is 30.1 Å². The number of nitrogens with zero attached hydrogens (tertiary/aromatic N) is 1. The lowest BCUT2D eigenvalue weighted by Crippen LogP contribution is -2.39. The third kappa shape index (κ3) is 3.60. The number of benzene rings is 1. The van der Waals surface area contributed by atoms with Crippen molar-refractivity contribution in [3.05, 3.63) is 35.9 Å². The zero-order chi connectivity index (χ0) is 16.6. The Hall–Kier alpha value is -1.14. The van der Waals surface area contributed by atoms with Crippen LogP contribution in [0.2, 0.25) is 18.1 Å². The Bertz CT molecular complexity index is 671. The van der Waals surface area contributed by atoms with Gasteiger partial charge in [-0.25, -0.2) is 4.21 Å². The molecule has 2 rings (SSSR count). The molecule has 2 unspecified atom stereocenters. The van der Waals surface area contributed by atoms with Gasteiger partial charge in [0.15, 0.2) is 8.24 Å². The van der Waals surface area contributed by atoms with Gasteiger partial charge in [0.2, 0.25) is 5.91 Å². The average Bonchev–Trinajstić information content (AvgIpc) is 2.62. The summed E-state index contributed by atoms with van der Waals surface area (Å²) in [5.74, 6) is -0.145. The molecule has 1 aromatic carbocycles. The van der Waals surface area contributed by atoms with E-state index in [-0.39, 0.29) is 16.2 Å². The first-order chi connectivity index (χ1) is 10.0. The molecule has 1 N–H and O–H groups in total. The summed E-state index contributed by atoms with van der Waals surface area (Å²) in [5.41, 5.74) is 1.10. The number of hydrogen-bond acceptors (Lipinski definition) is 3. The molecule has 0 radical (unpaired) electrons. The van der Waals surface area contributed by atoms with E-state index in [1.807, 2.05) is 30.3 Å². The van der Waals surface area contributed by atoms with Gasteiger partial charge in [0.25, 0.3) is 0 Å². The van der Waals surface area contributed by atoms with Gasteiger partial charge in [-0.1, -0.05) is 51.1 Å². The highest BCUT2D eigenvalue weighted by atomic mass is 32.2. The van der Waals surface area contributed by atoms with Crippen LogP contribution in [0.5, 0.6) is 0 Å². The molecule has 1 aliphatic rings. The summed E-state index contributed by atoms with van der Waals surface area (Å²) < 4.78 is 20.8. The second-order valence-electron chi connectivity index (χ2n) is 7.51. The molecular weight excluding hydrogens is 312 g/mol. The van der Waals surface area contributed by atoms with Crippen LogP contribution in [-0.4, -0.2) is 23.6 Å². The van der Waals surface area contributed by atoms with Gasteiger partial charge in [0.05, 0.1) is 5.25 Å². The predicted molar refractivity (Wildman–Crippen MR) is 94.5 cm³/mol. The van der Waals surface area contributed by atoms with Crippen molar-refractivity contribution in [3.63, 3.8) is 0 Å². The van der Waals surface area contributed by atoms with Crippen molar-refractivity contribution < 1.29 is 9.00 Å². The Morgan fingerprint density at radius 2 is 1.86 bits per heavy atom. The quantitative estimate of drug-likeness (QED) is 0.858. The number of carbonyl (C=O) groups is 1. The van der Waals surface area contributed by atoms with Crippen LogP contribution in [0.25, 0.3) is 0 Å². The number of hydrogen-bond donors (Lipinski definition) is 1. The van der Waals surface area contributed by atoms with E-state index in [1.54, 1.807) is 0 Å². The molecule has 6 heteroatoms. The Balaban J connectivity index is 2.38. The summed E-state index contributed by atoms with van der Waals surface area (Å²) in [7, 11) is -4.79. The van der Waals surface area contributed by atoms with E-state index < -0.39 is 18.2 Å². The normalized spacial score (nSPS) is 25.9. The molecule has 0 spiro atoms. The van der Waals surface area contributed by atoms with Gasteiger partial charge in [-0.15, -0.1) is 0 Å². The molecule has 122 valence electrons. The Morgan fingerprint density at radius 1 is 1.27 bits per heavy atom. The summed E-state index contributed by atoms with van der Waals surface area (Å²) in [4.78, 5) is 11.9. The monoisotopic (exact) mass is 338 g/mol. The van der Waals surface area contributed by atoms with E-state index in [4.69, 9.17) is 4.03 Å². The largest absolute Gasteiger partial charge is 0.274 e. The van der Waals surface area contributed by atoms with Crippen molar-refractivity contribution in [2.24, 2.45) is 4.03 Å². The average molecular weight is 339 g/mol. The Kier molecular flexibility index (Phi) is 4.55. The van der Waals surface area contributed by atoms with Gasteiger partial charge >= 0.3 is 0 Å². The SMILES string of the molecule is CC(C)(C)[Si](C)(C)N=S1(=O)NC(=O)CC1Cc1ccccc1. The molecule has 0 aliphatic carbocycles. The standard InChI is InChI=1S/C16H26N2O2SSi/c1-16(2,3)22(4,5)18-21(20)14(12-15(19)17-21)11-13-9-7-6-8-10-13/h6-10,14H,11-12H2,1-5H3,(H,17,18,19,20). The van der Waals surface area contributed by atoms with E-state index in [0.717, 1.165) is 5.56 Å². The van der Waals surface area contributed by atoms with E-state index in [9.17, 15) is 9.00 Å². The van der Waals surface area contributed by atoms with Crippen LogP contribution in [0, 0.1) is 0 Å². The topological polar surface area (TPSA) is 58.5 Å². The van der Waals surface area contributed by atoms with Crippen LogP contribution in [0.3, 0.4) is 0 Å². The van der Waals surface area contributed by atoms with E-state index >= 15 is 0 Å². The van der Waals surface area contributed by atoms with Crippen LogP contribution in [0.15, 0.2) is 34.4 Å². The van der Waals surface area contributed by atoms with Crippen LogP contribution in [-0.2, 0) is 21.1 Å². The summed E-state index contributed by atoms with van der Waals surface area (Å²) in [5, 5.41) is -0.237. The molecule has 0 aromatic heterocycles. The number of amides is 1. The molecule has 1 aliphatic heterocycles. The van der Waals surface area contributed by atoms with E-state index in [0.29, 0.717) is 12.8 Å². The minimum atomic E-state index is -2.70. The van der Waals surface area contributed by atoms with Crippen LogP contribution < -0.4 is 4.72 Å². The van der Waals surface area contributed by atoms with Gasteiger partial charge in [0.1, 0.15) is 9.92 Å². The molecule has 4 nitrogen and oxygen atoms in total. The fourth-order valence-corrected chi connectivity index (χ4v) is 8.20. The summed E-state index contributed by atoms with van der Waals surface area (Å²) in [6.45, 7) is 10.6. The van der Waals surface area contributed by atoms with Crippen molar-refractivity contribution in [2.45, 2.75) is 57.0 Å². The number of nitrogens with one attached hydrogen (secondary N) is 1. The molecule has 22 heavy (non-hydrogen) atoms. The summed E-state index contributed by atoms with van der Waals surface area (Å²) >= 11 is 0. The highest BCUT2D eigenvalue weighted by Gasteiger charge is 2.42. The lowest BCUT2D eigenvalue weighted by Gasteiger charge is -2.33. The zero-order valence-corrected chi connectivity index (χ0v) is 15.9. The van der Waals surface area contributed by atoms with Crippen molar-refractivity contribution >= 4 is 24.1 Å². The third-order valence-corrected chi connectivity index (χ3v) is 13.0. The fourth-order valence-electron chi connectivity index (χ4n) is 2.24. The molecule has 1 aromatic rings. The summed E-state index contributed by atoms with van der Waals surface area (Å²) in [6.07, 6.45) is 0.919. The van der Waals surface area contributed by atoms with Crippen molar-refractivity contribution in [3.8, 4) is 0 Å². The highest BCUT2D eigenvalue weighted by molar-refractivity contribution is 7.94. The molecule has 1 saturated heterocycles. The third-order valence-electron chi connectivity index (χ3n) is 4.63. The Labute approximate surface area is 135 Å². The minimum absolute atomic E-state index is 0.00201. The second kappa shape index (κ2) is 5.81. The molecule has 1 fully saturated rings. The molecule has 2 atom stereocenters. The Morgan fingerprint density at radius 3 is 2.41 bits per heavy atom. The predicted octanol–water partition coefficient (Wildman–Crippen LogP) is 3.51. The molecule has 0 saturated carbocycles. The lowest BCUT2D eigenvalue weighted by atomic mass is 10.1. The van der Waals surface area contributed by atoms with Gasteiger partial charge in [0, 0.05) is 6.42 Å². The highest BCUT2D eigenvalue weighted by Crippen LogP contribution is 2.38. The van der Waals surface area contributed by atoms with Crippen molar-refractivity contribution in [1.82, 2.24) is 4.72 Å². The first kappa shape index (κ1) is 17.2. The molecule has 1 heterocycles. The fraction of sp³-hybridized carbons (Fsp3) is 0.562. The van der Waals surface area contributed by atoms with Crippen molar-refractivity contribution in [1.29, 1.82) is 0 Å². The molecule has 1 amide bonds. The maximum Gasteiger partial charge on any atom is 0.233 e. The van der Waals surface area contributed by atoms with Crippen molar-refractivity contribution in [2.75, 3.05) is 0 Å². The number of carbonyl (C=O) groups excluding carboxylic acids is 1. The smallest absolute Gasteiger partial charge is 0.233 e. The van der Waals surface area contributed by atoms with Gasteiger partial charge in [-0.3, -0.25) is 13.5 Å². The van der Waals surface area contributed by atoms with Gasteiger partial charge in [-0.2, -0.15) is 0 Å². The van der Waals surface area contributed by atoms with Crippen LogP contribution >= 0.6 is 0 Å². The van der Waals surface area contributed by atoms with Crippen LogP contribution in [0.4, 0.5) is 0 Å². The molecular formula is C16H26N2O2SSi. The summed E-state index contributed by atoms with van der Waals surface area (Å²) in [6, 6.07) is 9.90. The first-order valence-corrected chi connectivity index (χ1v) is 12.2. The van der Waals surface area contributed by atoms with Crippen LogP contribution in [0.1, 0.15) is 32.8 Å². The minimum Gasteiger partial charge on any atom is -0.274 e. The van der Waals surface area contributed by atoms with E-state index in [2.05, 4.69) is 38.6 Å². The maximum atomic E-state index is 13.3. The second-order valence-corrected chi connectivity index (χ2v) is 14.9. The maximum absolute atomic E-state index is 13.3. The zero-order valence-electron chi connectivity index (χ0n) is 14.1. The number of rotatable bonds is 3.